The van der Waals surface area contributed by atoms with Gasteiger partial charge in [-0.15, -0.1) is 0 Å². The molecule has 0 heterocycles. The number of anilines is 1. The molecule has 26 heavy (non-hydrogen) atoms. The van der Waals surface area contributed by atoms with E-state index in [1.165, 1.54) is 31.2 Å². The Hall–Kier alpha value is -2.89. The molecule has 0 fully saturated rings. The number of halogens is 1. The van der Waals surface area contributed by atoms with Crippen molar-refractivity contribution in [3.05, 3.63) is 59.9 Å². The zero-order valence-corrected chi connectivity index (χ0v) is 15.0. The largest absolute Gasteiger partial charge is 0.479 e. The summed E-state index contributed by atoms with van der Waals surface area (Å²) in [6, 6.07) is 12.7. The predicted molar refractivity (Wildman–Crippen MR) is 96.6 cm³/mol. The van der Waals surface area contributed by atoms with Gasteiger partial charge >= 0.3 is 5.97 Å². The SMILES string of the molecule is CC(C)c1ccccc1NC(=O)COC(=O)[C@H](C)Oc1ccc(F)cc1. The molecule has 138 valence electrons. The average Bonchev–Trinajstić information content (AvgIpc) is 2.61. The van der Waals surface area contributed by atoms with E-state index in [2.05, 4.69) is 5.32 Å². The van der Waals surface area contributed by atoms with Crippen LogP contribution in [-0.2, 0) is 14.3 Å². The number of amides is 1. The van der Waals surface area contributed by atoms with E-state index in [4.69, 9.17) is 9.47 Å². The molecule has 0 aliphatic carbocycles. The van der Waals surface area contributed by atoms with Gasteiger partial charge in [0.05, 0.1) is 0 Å². The van der Waals surface area contributed by atoms with Crippen molar-refractivity contribution in [2.45, 2.75) is 32.8 Å². The smallest absolute Gasteiger partial charge is 0.347 e. The third-order valence-corrected chi connectivity index (χ3v) is 3.66. The number of hydrogen-bond acceptors (Lipinski definition) is 4. The van der Waals surface area contributed by atoms with E-state index in [0.29, 0.717) is 11.4 Å². The Morgan fingerprint density at radius 1 is 1.04 bits per heavy atom. The molecule has 2 aromatic rings. The molecule has 6 heteroatoms. The Balaban J connectivity index is 1.84. The van der Waals surface area contributed by atoms with Crippen LogP contribution in [0.3, 0.4) is 0 Å². The standard InChI is InChI=1S/C20H22FNO4/c1-13(2)17-6-4-5-7-18(17)22-19(23)12-25-20(24)14(3)26-16-10-8-15(21)9-11-16/h4-11,13-14H,12H2,1-3H3,(H,22,23)/t14-/m0/s1. The van der Waals surface area contributed by atoms with Crippen LogP contribution in [0, 0.1) is 5.82 Å². The summed E-state index contributed by atoms with van der Waals surface area (Å²) in [6.45, 7) is 5.14. The minimum absolute atomic E-state index is 0.248. The molecule has 2 rings (SSSR count). The molecule has 0 bridgehead atoms. The Kier molecular flexibility index (Phi) is 6.72. The van der Waals surface area contributed by atoms with E-state index < -0.39 is 30.4 Å². The van der Waals surface area contributed by atoms with Gasteiger partial charge in [0.2, 0.25) is 0 Å². The second-order valence-corrected chi connectivity index (χ2v) is 6.11. The van der Waals surface area contributed by atoms with E-state index in [9.17, 15) is 14.0 Å². The van der Waals surface area contributed by atoms with Gasteiger partial charge in [-0.25, -0.2) is 9.18 Å². The lowest BCUT2D eigenvalue weighted by Crippen LogP contribution is -2.29. The van der Waals surface area contributed by atoms with Gasteiger partial charge in [0.1, 0.15) is 11.6 Å². The maximum absolute atomic E-state index is 12.9. The molecule has 0 aliphatic heterocycles. The molecule has 0 aliphatic rings. The van der Waals surface area contributed by atoms with Gasteiger partial charge in [-0.1, -0.05) is 32.0 Å². The number of carbonyl (C=O) groups excluding carboxylic acids is 2. The predicted octanol–water partition coefficient (Wildman–Crippen LogP) is 3.90. The fourth-order valence-corrected chi connectivity index (χ4v) is 2.32. The first-order valence-electron chi connectivity index (χ1n) is 8.34. The fourth-order valence-electron chi connectivity index (χ4n) is 2.32. The third-order valence-electron chi connectivity index (χ3n) is 3.66. The van der Waals surface area contributed by atoms with Crippen molar-refractivity contribution in [2.24, 2.45) is 0 Å². The Morgan fingerprint density at radius 2 is 1.69 bits per heavy atom. The second kappa shape index (κ2) is 8.99. The van der Waals surface area contributed by atoms with Gasteiger partial charge in [-0.3, -0.25) is 4.79 Å². The Morgan fingerprint density at radius 3 is 2.35 bits per heavy atom. The summed E-state index contributed by atoms with van der Waals surface area (Å²) in [6.07, 6.45) is -0.920. The molecule has 5 nitrogen and oxygen atoms in total. The van der Waals surface area contributed by atoms with E-state index >= 15 is 0 Å². The summed E-state index contributed by atoms with van der Waals surface area (Å²) < 4.78 is 23.2. The highest BCUT2D eigenvalue weighted by atomic mass is 19.1. The van der Waals surface area contributed by atoms with Gasteiger partial charge in [0.15, 0.2) is 12.7 Å². The molecule has 0 unspecified atom stereocenters. The highest BCUT2D eigenvalue weighted by molar-refractivity contribution is 5.93. The molecule has 1 N–H and O–H groups in total. The Labute approximate surface area is 152 Å². The summed E-state index contributed by atoms with van der Waals surface area (Å²) in [7, 11) is 0. The lowest BCUT2D eigenvalue weighted by Gasteiger charge is -2.15. The number of rotatable bonds is 7. The van der Waals surface area contributed by atoms with Crippen LogP contribution >= 0.6 is 0 Å². The van der Waals surface area contributed by atoms with Crippen LogP contribution in [0.15, 0.2) is 48.5 Å². The van der Waals surface area contributed by atoms with Crippen molar-refractivity contribution in [3.63, 3.8) is 0 Å². The minimum Gasteiger partial charge on any atom is -0.479 e. The number of hydrogen-bond donors (Lipinski definition) is 1. The van der Waals surface area contributed by atoms with E-state index in [-0.39, 0.29) is 5.92 Å². The normalized spacial score (nSPS) is 11.7. The molecule has 2 aromatic carbocycles. The molecular formula is C20H22FNO4. The van der Waals surface area contributed by atoms with Crippen LogP contribution in [0.4, 0.5) is 10.1 Å². The lowest BCUT2D eigenvalue weighted by atomic mass is 10.0. The van der Waals surface area contributed by atoms with Gasteiger partial charge < -0.3 is 14.8 Å². The van der Waals surface area contributed by atoms with Crippen molar-refractivity contribution in [3.8, 4) is 5.75 Å². The third kappa shape index (κ3) is 5.58. The van der Waals surface area contributed by atoms with Gasteiger partial charge in [0.25, 0.3) is 5.91 Å². The first kappa shape index (κ1) is 19.4. The number of carbonyl (C=O) groups is 2. The number of esters is 1. The quantitative estimate of drug-likeness (QED) is 0.762. The summed E-state index contributed by atoms with van der Waals surface area (Å²) in [5.74, 6) is -0.919. The van der Waals surface area contributed by atoms with Gasteiger partial charge in [-0.2, -0.15) is 0 Å². The van der Waals surface area contributed by atoms with Crippen molar-refractivity contribution >= 4 is 17.6 Å². The first-order chi connectivity index (χ1) is 12.4. The van der Waals surface area contributed by atoms with Crippen molar-refractivity contribution in [1.29, 1.82) is 0 Å². The van der Waals surface area contributed by atoms with E-state index in [1.54, 1.807) is 6.07 Å². The minimum atomic E-state index is -0.920. The van der Waals surface area contributed by atoms with Crippen LogP contribution in [0.5, 0.6) is 5.75 Å². The van der Waals surface area contributed by atoms with Gasteiger partial charge in [0, 0.05) is 5.69 Å². The number of ether oxygens (including phenoxy) is 2. The molecular weight excluding hydrogens is 337 g/mol. The summed E-state index contributed by atoms with van der Waals surface area (Å²) in [4.78, 5) is 24.0. The van der Waals surface area contributed by atoms with Crippen molar-refractivity contribution in [1.82, 2.24) is 0 Å². The van der Waals surface area contributed by atoms with Crippen LogP contribution < -0.4 is 10.1 Å². The van der Waals surface area contributed by atoms with Crippen LogP contribution in [-0.4, -0.2) is 24.6 Å². The Bertz CT molecular complexity index is 759. The number of para-hydroxylation sites is 1. The van der Waals surface area contributed by atoms with E-state index in [1.807, 2.05) is 32.0 Å². The number of nitrogens with one attached hydrogen (secondary N) is 1. The van der Waals surface area contributed by atoms with Gasteiger partial charge in [-0.05, 0) is 48.7 Å². The molecule has 1 amide bonds. The maximum Gasteiger partial charge on any atom is 0.347 e. The molecule has 0 spiro atoms. The molecule has 1 atom stereocenters. The maximum atomic E-state index is 12.9. The number of benzene rings is 2. The first-order valence-corrected chi connectivity index (χ1v) is 8.34. The topological polar surface area (TPSA) is 64.6 Å². The molecule has 0 aromatic heterocycles. The molecule has 0 saturated carbocycles. The zero-order chi connectivity index (χ0) is 19.1. The molecule has 0 saturated heterocycles. The second-order valence-electron chi connectivity index (χ2n) is 6.11. The van der Waals surface area contributed by atoms with Crippen LogP contribution in [0.2, 0.25) is 0 Å². The summed E-state index contributed by atoms with van der Waals surface area (Å²) in [5, 5.41) is 2.74. The molecule has 0 radical (unpaired) electrons. The average molecular weight is 359 g/mol. The van der Waals surface area contributed by atoms with E-state index in [0.717, 1.165) is 5.56 Å². The zero-order valence-electron chi connectivity index (χ0n) is 15.0. The van der Waals surface area contributed by atoms with Crippen molar-refractivity contribution < 1.29 is 23.5 Å². The highest BCUT2D eigenvalue weighted by Gasteiger charge is 2.18. The fraction of sp³-hybridized carbons (Fsp3) is 0.300. The van der Waals surface area contributed by atoms with Crippen molar-refractivity contribution in [2.75, 3.05) is 11.9 Å². The summed E-state index contributed by atoms with van der Waals surface area (Å²) in [5.41, 5.74) is 1.69. The van der Waals surface area contributed by atoms with Crippen LogP contribution in [0.1, 0.15) is 32.3 Å². The monoisotopic (exact) mass is 359 g/mol. The highest BCUT2D eigenvalue weighted by Crippen LogP contribution is 2.23. The van der Waals surface area contributed by atoms with Crippen LogP contribution in [0.25, 0.3) is 0 Å². The summed E-state index contributed by atoms with van der Waals surface area (Å²) >= 11 is 0. The lowest BCUT2D eigenvalue weighted by molar-refractivity contribution is -0.153.